The van der Waals surface area contributed by atoms with Gasteiger partial charge in [0.05, 0.1) is 18.9 Å². The van der Waals surface area contributed by atoms with E-state index in [0.29, 0.717) is 19.0 Å². The number of nitrogens with two attached hydrogens (primary N) is 1. The first-order valence-electron chi connectivity index (χ1n) is 4.54. The molecular weight excluding hydrogens is 185 g/mol. The zero-order valence-electron chi connectivity index (χ0n) is 8.34. The number of hydrogen-bond acceptors (Lipinski definition) is 3. The van der Waals surface area contributed by atoms with Crippen molar-refractivity contribution in [3.05, 3.63) is 17.9 Å². The Hall–Kier alpha value is -1.45. The van der Waals surface area contributed by atoms with E-state index in [0.717, 1.165) is 0 Å². The summed E-state index contributed by atoms with van der Waals surface area (Å²) in [6.07, 6.45) is 0. The van der Waals surface area contributed by atoms with Gasteiger partial charge in [0.2, 0.25) is 0 Å². The van der Waals surface area contributed by atoms with Crippen LogP contribution in [0.1, 0.15) is 13.8 Å². The van der Waals surface area contributed by atoms with Crippen molar-refractivity contribution in [2.24, 2.45) is 0 Å². The second-order valence-corrected chi connectivity index (χ2v) is 2.66. The highest BCUT2D eigenvalue weighted by atomic mass is 19.1. The van der Waals surface area contributed by atoms with Gasteiger partial charge in [-0.3, -0.25) is 0 Å². The van der Waals surface area contributed by atoms with Crippen molar-refractivity contribution < 1.29 is 13.9 Å². The highest BCUT2D eigenvalue weighted by molar-refractivity contribution is 5.53. The number of ether oxygens (including phenoxy) is 2. The van der Waals surface area contributed by atoms with Crippen LogP contribution in [-0.2, 0) is 0 Å². The molecule has 0 radical (unpaired) electrons. The Balaban J connectivity index is 3.08. The summed E-state index contributed by atoms with van der Waals surface area (Å²) in [5, 5.41) is 0. The van der Waals surface area contributed by atoms with Gasteiger partial charge in [-0.05, 0) is 26.0 Å². The van der Waals surface area contributed by atoms with Crippen LogP contribution in [0.5, 0.6) is 11.5 Å². The molecule has 0 amide bonds. The summed E-state index contributed by atoms with van der Waals surface area (Å²) in [6, 6.07) is 3.07. The average molecular weight is 199 g/mol. The fourth-order valence-electron chi connectivity index (χ4n) is 1.10. The molecule has 4 heteroatoms. The van der Waals surface area contributed by atoms with E-state index in [-0.39, 0.29) is 11.4 Å². The molecule has 0 bridgehead atoms. The largest absolute Gasteiger partial charge is 0.490 e. The van der Waals surface area contributed by atoms with Gasteiger partial charge in [-0.2, -0.15) is 0 Å². The molecule has 1 rings (SSSR count). The van der Waals surface area contributed by atoms with E-state index < -0.39 is 5.82 Å². The van der Waals surface area contributed by atoms with E-state index in [1.807, 2.05) is 6.92 Å². The Bertz CT molecular complexity index is 315. The van der Waals surface area contributed by atoms with E-state index in [2.05, 4.69) is 0 Å². The molecule has 3 nitrogen and oxygen atoms in total. The van der Waals surface area contributed by atoms with Crippen molar-refractivity contribution >= 4 is 5.69 Å². The number of nitrogen functional groups attached to an aromatic ring is 1. The van der Waals surface area contributed by atoms with Crippen molar-refractivity contribution in [3.8, 4) is 11.5 Å². The monoisotopic (exact) mass is 199 g/mol. The van der Waals surface area contributed by atoms with Crippen LogP contribution in [0, 0.1) is 5.82 Å². The van der Waals surface area contributed by atoms with Gasteiger partial charge in [0, 0.05) is 0 Å². The third-order valence-electron chi connectivity index (χ3n) is 1.68. The summed E-state index contributed by atoms with van der Waals surface area (Å²) in [5.41, 5.74) is 5.47. The van der Waals surface area contributed by atoms with Gasteiger partial charge in [-0.25, -0.2) is 4.39 Å². The van der Waals surface area contributed by atoms with Crippen LogP contribution in [0.3, 0.4) is 0 Å². The fourth-order valence-corrected chi connectivity index (χ4v) is 1.10. The van der Waals surface area contributed by atoms with Crippen LogP contribution in [0.2, 0.25) is 0 Å². The minimum atomic E-state index is -0.558. The van der Waals surface area contributed by atoms with Gasteiger partial charge in [0.25, 0.3) is 0 Å². The number of rotatable bonds is 4. The first-order valence-corrected chi connectivity index (χ1v) is 4.54. The van der Waals surface area contributed by atoms with Crippen molar-refractivity contribution in [2.75, 3.05) is 18.9 Å². The van der Waals surface area contributed by atoms with E-state index in [9.17, 15) is 4.39 Å². The quantitative estimate of drug-likeness (QED) is 0.756. The summed E-state index contributed by atoms with van der Waals surface area (Å²) in [6.45, 7) is 4.44. The number of hydrogen-bond donors (Lipinski definition) is 1. The van der Waals surface area contributed by atoms with Crippen LogP contribution in [0.4, 0.5) is 10.1 Å². The summed E-state index contributed by atoms with van der Waals surface area (Å²) < 4.78 is 23.8. The number of halogens is 1. The first-order chi connectivity index (χ1) is 6.70. The Morgan fingerprint density at radius 1 is 1.21 bits per heavy atom. The van der Waals surface area contributed by atoms with Gasteiger partial charge in [0.15, 0.2) is 17.3 Å². The van der Waals surface area contributed by atoms with Gasteiger partial charge in [-0.1, -0.05) is 0 Å². The summed E-state index contributed by atoms with van der Waals surface area (Å²) in [7, 11) is 0. The van der Waals surface area contributed by atoms with Gasteiger partial charge < -0.3 is 15.2 Å². The molecule has 14 heavy (non-hydrogen) atoms. The lowest BCUT2D eigenvalue weighted by Crippen LogP contribution is -2.02. The van der Waals surface area contributed by atoms with Crippen molar-refractivity contribution in [1.29, 1.82) is 0 Å². The molecule has 0 heterocycles. The molecule has 0 aliphatic heterocycles. The molecule has 0 aromatic heterocycles. The first kappa shape index (κ1) is 10.6. The van der Waals surface area contributed by atoms with Crippen LogP contribution in [-0.4, -0.2) is 13.2 Å². The van der Waals surface area contributed by atoms with E-state index in [4.69, 9.17) is 15.2 Å². The minimum Gasteiger partial charge on any atom is -0.490 e. The molecule has 0 unspecified atom stereocenters. The fraction of sp³-hybridized carbons (Fsp3) is 0.400. The Morgan fingerprint density at radius 3 is 2.43 bits per heavy atom. The molecule has 0 saturated heterocycles. The molecule has 0 atom stereocenters. The van der Waals surface area contributed by atoms with Crippen LogP contribution >= 0.6 is 0 Å². The third-order valence-corrected chi connectivity index (χ3v) is 1.68. The smallest absolute Gasteiger partial charge is 0.199 e. The molecule has 78 valence electrons. The SMILES string of the molecule is CCOc1ccc(N)c(F)c1OCC. The Morgan fingerprint density at radius 2 is 1.86 bits per heavy atom. The maximum Gasteiger partial charge on any atom is 0.199 e. The molecule has 0 fully saturated rings. The molecule has 1 aromatic rings. The second-order valence-electron chi connectivity index (χ2n) is 2.66. The highest BCUT2D eigenvalue weighted by Crippen LogP contribution is 2.33. The standard InChI is InChI=1S/C10H14FNO2/c1-3-13-8-6-5-7(12)9(11)10(8)14-4-2/h5-6H,3-4,12H2,1-2H3. The van der Waals surface area contributed by atoms with Crippen LogP contribution < -0.4 is 15.2 Å². The molecule has 0 spiro atoms. The number of anilines is 1. The van der Waals surface area contributed by atoms with Crippen molar-refractivity contribution in [3.63, 3.8) is 0 Å². The average Bonchev–Trinajstić information content (AvgIpc) is 2.18. The van der Waals surface area contributed by atoms with Gasteiger partial charge in [0.1, 0.15) is 0 Å². The lowest BCUT2D eigenvalue weighted by molar-refractivity contribution is 0.276. The Kier molecular flexibility index (Phi) is 3.56. The zero-order chi connectivity index (χ0) is 10.6. The third kappa shape index (κ3) is 2.07. The zero-order valence-corrected chi connectivity index (χ0v) is 8.34. The van der Waals surface area contributed by atoms with E-state index >= 15 is 0 Å². The topological polar surface area (TPSA) is 44.5 Å². The normalized spacial score (nSPS) is 9.93. The maximum atomic E-state index is 13.4. The molecule has 0 aliphatic rings. The van der Waals surface area contributed by atoms with Crippen molar-refractivity contribution in [1.82, 2.24) is 0 Å². The van der Waals surface area contributed by atoms with Crippen molar-refractivity contribution in [2.45, 2.75) is 13.8 Å². The minimum absolute atomic E-state index is 0.0666. The number of benzene rings is 1. The predicted molar refractivity (Wildman–Crippen MR) is 53.2 cm³/mol. The summed E-state index contributed by atoms with van der Waals surface area (Å²) in [4.78, 5) is 0. The van der Waals surface area contributed by atoms with E-state index in [1.165, 1.54) is 6.07 Å². The molecular formula is C10H14FNO2. The lowest BCUT2D eigenvalue weighted by Gasteiger charge is -2.12. The maximum absolute atomic E-state index is 13.4. The lowest BCUT2D eigenvalue weighted by atomic mass is 10.2. The summed E-state index contributed by atoms with van der Waals surface area (Å²) >= 11 is 0. The van der Waals surface area contributed by atoms with Gasteiger partial charge >= 0.3 is 0 Å². The van der Waals surface area contributed by atoms with Crippen LogP contribution in [0.25, 0.3) is 0 Å². The molecule has 0 aliphatic carbocycles. The highest BCUT2D eigenvalue weighted by Gasteiger charge is 2.13. The Labute approximate surface area is 82.6 Å². The van der Waals surface area contributed by atoms with E-state index in [1.54, 1.807) is 13.0 Å². The van der Waals surface area contributed by atoms with Gasteiger partial charge in [-0.15, -0.1) is 0 Å². The predicted octanol–water partition coefficient (Wildman–Crippen LogP) is 2.21. The second kappa shape index (κ2) is 4.69. The molecule has 0 saturated carbocycles. The molecule has 1 aromatic carbocycles. The summed E-state index contributed by atoms with van der Waals surface area (Å²) in [5.74, 6) is -0.0757. The molecule has 2 N–H and O–H groups in total. The van der Waals surface area contributed by atoms with Crippen LogP contribution in [0.15, 0.2) is 12.1 Å².